The van der Waals surface area contributed by atoms with E-state index in [9.17, 15) is 0 Å². The zero-order chi connectivity index (χ0) is 22.9. The maximum absolute atomic E-state index is 5.42. The molecule has 0 fully saturated rings. The molecular formula is C28H24N2O2S. The summed E-state index contributed by atoms with van der Waals surface area (Å²) in [5, 5.41) is 1.77. The van der Waals surface area contributed by atoms with Crippen molar-refractivity contribution < 1.29 is 9.47 Å². The normalized spacial score (nSPS) is 11.2. The van der Waals surface area contributed by atoms with E-state index in [4.69, 9.17) is 9.47 Å². The summed E-state index contributed by atoms with van der Waals surface area (Å²) in [6, 6.07) is 23.9. The summed E-state index contributed by atoms with van der Waals surface area (Å²) in [6.07, 6.45) is 11.8. The number of aromatic nitrogens is 2. The van der Waals surface area contributed by atoms with Crippen molar-refractivity contribution in [3.05, 3.63) is 107 Å². The van der Waals surface area contributed by atoms with E-state index in [0.717, 1.165) is 43.8 Å². The van der Waals surface area contributed by atoms with Crippen molar-refractivity contribution in [3.8, 4) is 11.5 Å². The maximum atomic E-state index is 5.42. The average Bonchev–Trinajstić information content (AvgIpc) is 2.87. The summed E-state index contributed by atoms with van der Waals surface area (Å²) in [6.45, 7) is 0. The fourth-order valence-electron chi connectivity index (χ4n) is 3.26. The predicted molar refractivity (Wildman–Crippen MR) is 136 cm³/mol. The second kappa shape index (κ2) is 11.2. The second-order valence-corrected chi connectivity index (χ2v) is 8.15. The van der Waals surface area contributed by atoms with Gasteiger partial charge in [0, 0.05) is 23.5 Å². The van der Waals surface area contributed by atoms with Gasteiger partial charge in [0.1, 0.15) is 21.6 Å². The van der Waals surface area contributed by atoms with E-state index < -0.39 is 0 Å². The summed E-state index contributed by atoms with van der Waals surface area (Å²) in [5.74, 6) is 1.69. The number of rotatable bonds is 8. The van der Waals surface area contributed by atoms with E-state index in [1.807, 2.05) is 85.2 Å². The first-order chi connectivity index (χ1) is 16.2. The molecule has 2 aromatic heterocycles. The lowest BCUT2D eigenvalue weighted by Gasteiger charge is -2.05. The summed E-state index contributed by atoms with van der Waals surface area (Å²) in [5.41, 5.74) is 4.18. The molecule has 0 bridgehead atoms. The summed E-state index contributed by atoms with van der Waals surface area (Å²) in [4.78, 5) is 9.00. The fraction of sp³-hybridized carbons (Fsp3) is 0.0714. The molecule has 2 heterocycles. The minimum absolute atomic E-state index is 0.847. The topological polar surface area (TPSA) is 44.2 Å². The van der Waals surface area contributed by atoms with Crippen LogP contribution in [0.5, 0.6) is 11.5 Å². The molecule has 0 atom stereocenters. The van der Waals surface area contributed by atoms with Crippen LogP contribution in [0.2, 0.25) is 0 Å². The molecule has 0 unspecified atom stereocenters. The first-order valence-electron chi connectivity index (χ1n) is 10.5. The standard InChI is InChI=1S/C28H24N2O2S/c1-31-25-9-5-3-7-23(25)13-11-21-15-17-29-27(19-21)33-28-20-22(16-18-30-28)12-14-24-8-4-6-10-26(24)32-2/h3-20H,1-2H3/b13-11+,14-12?. The van der Waals surface area contributed by atoms with Crippen molar-refractivity contribution in [1.29, 1.82) is 0 Å². The highest BCUT2D eigenvalue weighted by Crippen LogP contribution is 2.27. The molecule has 4 rings (SSSR count). The number of para-hydroxylation sites is 2. The molecule has 2 aromatic carbocycles. The molecule has 0 amide bonds. The van der Waals surface area contributed by atoms with Gasteiger partial charge in [-0.15, -0.1) is 0 Å². The lowest BCUT2D eigenvalue weighted by atomic mass is 10.1. The zero-order valence-electron chi connectivity index (χ0n) is 18.5. The number of methoxy groups -OCH3 is 2. The molecule has 33 heavy (non-hydrogen) atoms. The van der Waals surface area contributed by atoms with E-state index in [1.165, 1.54) is 11.8 Å². The highest BCUT2D eigenvalue weighted by atomic mass is 32.2. The molecule has 0 aliphatic heterocycles. The quantitative estimate of drug-likeness (QED) is 0.288. The molecule has 0 saturated heterocycles. The number of hydrogen-bond donors (Lipinski definition) is 0. The Kier molecular flexibility index (Phi) is 7.56. The van der Waals surface area contributed by atoms with Crippen molar-refractivity contribution in [3.63, 3.8) is 0 Å². The first-order valence-corrected chi connectivity index (χ1v) is 11.3. The minimum atomic E-state index is 0.847. The Morgan fingerprint density at radius 1 is 0.606 bits per heavy atom. The van der Waals surface area contributed by atoms with Crippen LogP contribution in [0.1, 0.15) is 22.3 Å². The third kappa shape index (κ3) is 6.11. The van der Waals surface area contributed by atoms with Crippen molar-refractivity contribution in [1.82, 2.24) is 9.97 Å². The molecular weight excluding hydrogens is 428 g/mol. The van der Waals surface area contributed by atoms with E-state index in [-0.39, 0.29) is 0 Å². The van der Waals surface area contributed by atoms with E-state index >= 15 is 0 Å². The van der Waals surface area contributed by atoms with Gasteiger partial charge in [0.05, 0.1) is 14.2 Å². The first kappa shape index (κ1) is 22.4. The monoisotopic (exact) mass is 452 g/mol. The van der Waals surface area contributed by atoms with Crippen LogP contribution in [0.4, 0.5) is 0 Å². The van der Waals surface area contributed by atoms with Crippen LogP contribution in [0.25, 0.3) is 24.3 Å². The number of ether oxygens (including phenoxy) is 2. The number of nitrogens with zero attached hydrogens (tertiary/aromatic N) is 2. The second-order valence-electron chi connectivity index (χ2n) is 7.11. The van der Waals surface area contributed by atoms with Gasteiger partial charge in [-0.2, -0.15) is 0 Å². The summed E-state index contributed by atoms with van der Waals surface area (Å²) >= 11 is 1.54. The lowest BCUT2D eigenvalue weighted by Crippen LogP contribution is -1.87. The van der Waals surface area contributed by atoms with Crippen molar-refractivity contribution in [2.45, 2.75) is 10.1 Å². The highest BCUT2D eigenvalue weighted by molar-refractivity contribution is 7.99. The van der Waals surface area contributed by atoms with Crippen LogP contribution in [0.3, 0.4) is 0 Å². The van der Waals surface area contributed by atoms with Gasteiger partial charge in [-0.25, -0.2) is 9.97 Å². The van der Waals surface area contributed by atoms with Crippen LogP contribution < -0.4 is 9.47 Å². The van der Waals surface area contributed by atoms with Crippen LogP contribution >= 0.6 is 11.8 Å². The fourth-order valence-corrected chi connectivity index (χ4v) is 4.09. The predicted octanol–water partition coefficient (Wildman–Crippen LogP) is 6.99. The molecule has 0 saturated carbocycles. The molecule has 5 heteroatoms. The van der Waals surface area contributed by atoms with Crippen molar-refractivity contribution in [2.24, 2.45) is 0 Å². The van der Waals surface area contributed by atoms with E-state index in [2.05, 4.69) is 34.3 Å². The van der Waals surface area contributed by atoms with Gasteiger partial charge in [0.2, 0.25) is 0 Å². The largest absolute Gasteiger partial charge is 0.496 e. The highest BCUT2D eigenvalue weighted by Gasteiger charge is 2.03. The Morgan fingerprint density at radius 2 is 1.06 bits per heavy atom. The summed E-state index contributed by atoms with van der Waals surface area (Å²) < 4.78 is 10.8. The van der Waals surface area contributed by atoms with Crippen LogP contribution in [-0.2, 0) is 0 Å². The molecule has 0 N–H and O–H groups in total. The number of benzene rings is 2. The number of pyridine rings is 2. The van der Waals surface area contributed by atoms with Crippen molar-refractivity contribution >= 4 is 36.1 Å². The van der Waals surface area contributed by atoms with Gasteiger partial charge < -0.3 is 9.47 Å². The SMILES string of the molecule is COc1ccccc1C=Cc1ccnc(Sc2cc(/C=C/c3ccccc3OC)ccn2)c1. The molecule has 0 radical (unpaired) electrons. The molecule has 164 valence electrons. The van der Waals surface area contributed by atoms with E-state index in [0.29, 0.717) is 0 Å². The third-order valence-electron chi connectivity index (χ3n) is 4.92. The molecule has 0 aliphatic carbocycles. The van der Waals surface area contributed by atoms with E-state index in [1.54, 1.807) is 14.2 Å². The van der Waals surface area contributed by atoms with Crippen molar-refractivity contribution in [2.75, 3.05) is 14.2 Å². The smallest absolute Gasteiger partial charge is 0.126 e. The van der Waals surface area contributed by atoms with Gasteiger partial charge in [-0.1, -0.05) is 72.5 Å². The van der Waals surface area contributed by atoms with Gasteiger partial charge in [-0.05, 0) is 47.5 Å². The third-order valence-corrected chi connectivity index (χ3v) is 5.78. The van der Waals surface area contributed by atoms with Gasteiger partial charge in [-0.3, -0.25) is 0 Å². The zero-order valence-corrected chi connectivity index (χ0v) is 19.3. The Morgan fingerprint density at radius 3 is 1.52 bits per heavy atom. The van der Waals surface area contributed by atoms with Crippen LogP contribution in [0, 0.1) is 0 Å². The molecule has 0 aliphatic rings. The Labute approximate surface area is 198 Å². The lowest BCUT2D eigenvalue weighted by molar-refractivity contribution is 0.414. The minimum Gasteiger partial charge on any atom is -0.496 e. The molecule has 4 nitrogen and oxygen atoms in total. The molecule has 0 spiro atoms. The average molecular weight is 453 g/mol. The number of hydrogen-bond acceptors (Lipinski definition) is 5. The maximum Gasteiger partial charge on any atom is 0.126 e. The molecule has 4 aromatic rings. The van der Waals surface area contributed by atoms with Crippen LogP contribution in [-0.4, -0.2) is 24.2 Å². The Balaban J connectivity index is 1.48. The van der Waals surface area contributed by atoms with Gasteiger partial charge in [0.25, 0.3) is 0 Å². The summed E-state index contributed by atoms with van der Waals surface area (Å²) in [7, 11) is 3.36. The van der Waals surface area contributed by atoms with Gasteiger partial charge >= 0.3 is 0 Å². The van der Waals surface area contributed by atoms with Crippen LogP contribution in [0.15, 0.2) is 95.2 Å². The van der Waals surface area contributed by atoms with Gasteiger partial charge in [0.15, 0.2) is 0 Å². The Bertz CT molecular complexity index is 1190. The Hall–Kier alpha value is -3.83.